The van der Waals surface area contributed by atoms with Crippen LogP contribution in [-0.2, 0) is 11.2 Å². The molecule has 23 heavy (non-hydrogen) atoms. The van der Waals surface area contributed by atoms with Crippen LogP contribution >= 0.6 is 0 Å². The molecule has 0 aliphatic heterocycles. The fraction of sp³-hybridized carbons (Fsp3) is 0.389. The lowest BCUT2D eigenvalue weighted by molar-refractivity contribution is -0.128. The summed E-state index contributed by atoms with van der Waals surface area (Å²) in [5, 5.41) is 6.58. The van der Waals surface area contributed by atoms with E-state index in [0.29, 0.717) is 25.1 Å². The Bertz CT molecular complexity index is 748. The maximum Gasteiger partial charge on any atom is 0.273 e. The standard InChI is InChI=1S/C18H20N2O3/c1-11-4-3-5-13(12(11)2)8-15-9-16(20-23-15)18(22)19-10-14-6-7-17(14)21/h3-5,9,14H,6-8,10H2,1-2H3,(H,19,22). The number of aryl methyl sites for hydroxylation is 1. The van der Waals surface area contributed by atoms with Gasteiger partial charge in [-0.1, -0.05) is 23.4 Å². The molecule has 5 heteroatoms. The zero-order valence-corrected chi connectivity index (χ0v) is 13.4. The maximum absolute atomic E-state index is 12.0. The van der Waals surface area contributed by atoms with Gasteiger partial charge in [-0.3, -0.25) is 9.59 Å². The Morgan fingerprint density at radius 2 is 2.22 bits per heavy atom. The van der Waals surface area contributed by atoms with E-state index in [1.54, 1.807) is 6.07 Å². The lowest BCUT2D eigenvalue weighted by atomic mass is 9.84. The fourth-order valence-electron chi connectivity index (χ4n) is 2.68. The molecule has 1 atom stereocenters. The number of carbonyl (C=O) groups excluding carboxylic acids is 2. The monoisotopic (exact) mass is 312 g/mol. The molecule has 2 aromatic rings. The molecule has 120 valence electrons. The third-order valence-corrected chi connectivity index (χ3v) is 4.58. The molecule has 1 aromatic carbocycles. The van der Waals surface area contributed by atoms with Gasteiger partial charge in [0.1, 0.15) is 11.5 Å². The van der Waals surface area contributed by atoms with Gasteiger partial charge in [0, 0.05) is 31.4 Å². The lowest BCUT2D eigenvalue weighted by Gasteiger charge is -2.23. The van der Waals surface area contributed by atoms with Crippen molar-refractivity contribution >= 4 is 11.7 Å². The number of carbonyl (C=O) groups is 2. The number of nitrogens with one attached hydrogen (secondary N) is 1. The molecular weight excluding hydrogens is 292 g/mol. The summed E-state index contributed by atoms with van der Waals surface area (Å²) in [6.45, 7) is 4.53. The average molecular weight is 312 g/mol. The fourth-order valence-corrected chi connectivity index (χ4v) is 2.68. The largest absolute Gasteiger partial charge is 0.360 e. The Balaban J connectivity index is 1.62. The molecule has 1 amide bonds. The first-order valence-electron chi connectivity index (χ1n) is 7.86. The van der Waals surface area contributed by atoms with E-state index in [9.17, 15) is 9.59 Å². The molecule has 1 aliphatic rings. The minimum absolute atomic E-state index is 0.0275. The number of hydrogen-bond acceptors (Lipinski definition) is 4. The molecule has 1 aliphatic carbocycles. The number of ketones is 1. The van der Waals surface area contributed by atoms with E-state index in [1.165, 1.54) is 11.1 Å². The number of benzene rings is 1. The molecular formula is C18H20N2O3. The number of hydrogen-bond donors (Lipinski definition) is 1. The third kappa shape index (κ3) is 3.33. The molecule has 1 heterocycles. The molecule has 0 radical (unpaired) electrons. The lowest BCUT2D eigenvalue weighted by Crippen LogP contribution is -2.38. The van der Waals surface area contributed by atoms with Gasteiger partial charge in [-0.25, -0.2) is 0 Å². The van der Waals surface area contributed by atoms with Crippen LogP contribution in [0.4, 0.5) is 0 Å². The topological polar surface area (TPSA) is 72.2 Å². The molecule has 5 nitrogen and oxygen atoms in total. The van der Waals surface area contributed by atoms with Crippen LogP contribution in [0.3, 0.4) is 0 Å². The van der Waals surface area contributed by atoms with Crippen LogP contribution in [-0.4, -0.2) is 23.4 Å². The Kier molecular flexibility index (Phi) is 4.28. The van der Waals surface area contributed by atoms with Gasteiger partial charge in [0.25, 0.3) is 5.91 Å². The van der Waals surface area contributed by atoms with Crippen LogP contribution in [0.1, 0.15) is 45.8 Å². The van der Waals surface area contributed by atoms with Crippen LogP contribution in [0.25, 0.3) is 0 Å². The Hall–Kier alpha value is -2.43. The van der Waals surface area contributed by atoms with E-state index in [-0.39, 0.29) is 23.3 Å². The van der Waals surface area contributed by atoms with Crippen molar-refractivity contribution in [1.29, 1.82) is 0 Å². The molecule has 1 N–H and O–H groups in total. The van der Waals surface area contributed by atoms with Crippen molar-refractivity contribution < 1.29 is 14.1 Å². The van der Waals surface area contributed by atoms with E-state index in [1.807, 2.05) is 12.1 Å². The number of Topliss-reactive ketones (excluding diaryl/α,β-unsaturated/α-hetero) is 1. The van der Waals surface area contributed by atoms with Crippen LogP contribution < -0.4 is 5.32 Å². The van der Waals surface area contributed by atoms with Gasteiger partial charge in [0.05, 0.1) is 0 Å². The Morgan fingerprint density at radius 1 is 1.39 bits per heavy atom. The minimum Gasteiger partial charge on any atom is -0.360 e. The first-order chi connectivity index (χ1) is 11.0. The number of aromatic nitrogens is 1. The summed E-state index contributed by atoms with van der Waals surface area (Å²) in [6.07, 6.45) is 2.09. The summed E-state index contributed by atoms with van der Waals surface area (Å²) >= 11 is 0. The second-order valence-electron chi connectivity index (χ2n) is 6.13. The molecule has 1 fully saturated rings. The van der Waals surface area contributed by atoms with E-state index >= 15 is 0 Å². The normalized spacial score (nSPS) is 17.0. The van der Waals surface area contributed by atoms with Gasteiger partial charge in [-0.2, -0.15) is 0 Å². The first-order valence-corrected chi connectivity index (χ1v) is 7.86. The summed E-state index contributed by atoms with van der Waals surface area (Å²) in [7, 11) is 0. The van der Waals surface area contributed by atoms with E-state index in [4.69, 9.17) is 4.52 Å². The predicted molar refractivity (Wildman–Crippen MR) is 85.3 cm³/mol. The van der Waals surface area contributed by atoms with Crippen molar-refractivity contribution in [3.05, 3.63) is 52.4 Å². The number of nitrogens with zero attached hydrogens (tertiary/aromatic N) is 1. The second kappa shape index (κ2) is 6.36. The predicted octanol–water partition coefficient (Wildman–Crippen LogP) is 2.59. The highest BCUT2D eigenvalue weighted by molar-refractivity contribution is 5.93. The Labute approximate surface area is 135 Å². The summed E-state index contributed by atoms with van der Waals surface area (Å²) in [4.78, 5) is 23.3. The van der Waals surface area contributed by atoms with Crippen LogP contribution in [0.15, 0.2) is 28.8 Å². The molecule has 3 rings (SSSR count). The quantitative estimate of drug-likeness (QED) is 0.921. The number of rotatable bonds is 5. The molecule has 0 spiro atoms. The molecule has 1 saturated carbocycles. The van der Waals surface area contributed by atoms with Crippen molar-refractivity contribution in [2.45, 2.75) is 33.1 Å². The highest BCUT2D eigenvalue weighted by Crippen LogP contribution is 2.21. The van der Waals surface area contributed by atoms with Crippen molar-refractivity contribution in [2.75, 3.05) is 6.54 Å². The van der Waals surface area contributed by atoms with E-state index < -0.39 is 0 Å². The molecule has 1 unspecified atom stereocenters. The van der Waals surface area contributed by atoms with E-state index in [2.05, 4.69) is 30.4 Å². The third-order valence-electron chi connectivity index (χ3n) is 4.58. The van der Waals surface area contributed by atoms with Gasteiger partial charge in [0.2, 0.25) is 0 Å². The maximum atomic E-state index is 12.0. The van der Waals surface area contributed by atoms with Crippen molar-refractivity contribution in [1.82, 2.24) is 10.5 Å². The first kappa shape index (κ1) is 15.5. The summed E-state index contributed by atoms with van der Waals surface area (Å²) < 4.78 is 5.28. The molecule has 1 aromatic heterocycles. The van der Waals surface area contributed by atoms with Gasteiger partial charge >= 0.3 is 0 Å². The average Bonchev–Trinajstić information content (AvgIpc) is 2.99. The van der Waals surface area contributed by atoms with Crippen molar-refractivity contribution in [2.24, 2.45) is 5.92 Å². The highest BCUT2D eigenvalue weighted by Gasteiger charge is 2.28. The Morgan fingerprint density at radius 3 is 2.91 bits per heavy atom. The van der Waals surface area contributed by atoms with Gasteiger partial charge in [0.15, 0.2) is 5.69 Å². The molecule has 0 bridgehead atoms. The van der Waals surface area contributed by atoms with Crippen molar-refractivity contribution in [3.8, 4) is 0 Å². The number of amides is 1. The van der Waals surface area contributed by atoms with Crippen molar-refractivity contribution in [3.63, 3.8) is 0 Å². The van der Waals surface area contributed by atoms with Crippen LogP contribution in [0.2, 0.25) is 0 Å². The zero-order valence-electron chi connectivity index (χ0n) is 13.4. The summed E-state index contributed by atoms with van der Waals surface area (Å²) in [6, 6.07) is 7.80. The summed E-state index contributed by atoms with van der Waals surface area (Å²) in [5.74, 6) is 0.561. The van der Waals surface area contributed by atoms with Gasteiger partial charge in [-0.05, 0) is 37.0 Å². The minimum atomic E-state index is -0.291. The SMILES string of the molecule is Cc1cccc(Cc2cc(C(=O)NCC3CCC3=O)no2)c1C. The zero-order chi connectivity index (χ0) is 16.4. The smallest absolute Gasteiger partial charge is 0.273 e. The van der Waals surface area contributed by atoms with Gasteiger partial charge in [-0.15, -0.1) is 0 Å². The highest BCUT2D eigenvalue weighted by atomic mass is 16.5. The van der Waals surface area contributed by atoms with Crippen LogP contribution in [0, 0.1) is 19.8 Å². The van der Waals surface area contributed by atoms with E-state index in [0.717, 1.165) is 12.0 Å². The molecule has 0 saturated heterocycles. The second-order valence-corrected chi connectivity index (χ2v) is 6.13. The van der Waals surface area contributed by atoms with Gasteiger partial charge < -0.3 is 9.84 Å². The van der Waals surface area contributed by atoms with Crippen LogP contribution in [0.5, 0.6) is 0 Å². The summed E-state index contributed by atoms with van der Waals surface area (Å²) in [5.41, 5.74) is 3.87.